The Morgan fingerprint density at radius 2 is 1.81 bits per heavy atom. The second-order valence-electron chi connectivity index (χ2n) is 8.89. The van der Waals surface area contributed by atoms with Gasteiger partial charge in [-0.2, -0.15) is 0 Å². The number of aromatic nitrogens is 1. The first-order valence-electron chi connectivity index (χ1n) is 11.6. The molecule has 0 saturated carbocycles. The van der Waals surface area contributed by atoms with E-state index in [1.165, 1.54) is 12.8 Å². The van der Waals surface area contributed by atoms with E-state index in [0.29, 0.717) is 17.4 Å². The van der Waals surface area contributed by atoms with Crippen molar-refractivity contribution in [2.24, 2.45) is 5.92 Å². The van der Waals surface area contributed by atoms with E-state index in [1.807, 2.05) is 30.3 Å². The van der Waals surface area contributed by atoms with Crippen LogP contribution in [0.4, 0.5) is 5.69 Å². The standard InChI is InChI=1S/C25H31N3O3S/c29-32(30,26-12-9-19-10-15-31-16-11-19)21-7-8-25(28-13-3-4-14-28)22(18-21)24-17-20-5-1-2-6-23(20)27-24/h1-2,5-8,17-19,26-27H,3-4,9-16H2. The van der Waals surface area contributed by atoms with Gasteiger partial charge in [-0.15, -0.1) is 0 Å². The van der Waals surface area contributed by atoms with Crippen molar-refractivity contribution in [2.75, 3.05) is 37.7 Å². The lowest BCUT2D eigenvalue weighted by Crippen LogP contribution is -2.28. The molecule has 0 bridgehead atoms. The molecule has 0 amide bonds. The summed E-state index contributed by atoms with van der Waals surface area (Å²) >= 11 is 0. The Kier molecular flexibility index (Phi) is 6.22. The van der Waals surface area contributed by atoms with E-state index in [1.54, 1.807) is 6.07 Å². The summed E-state index contributed by atoms with van der Waals surface area (Å²) in [5.74, 6) is 0.533. The van der Waals surface area contributed by atoms with E-state index in [2.05, 4.69) is 26.7 Å². The number of benzene rings is 2. The fraction of sp³-hybridized carbons (Fsp3) is 0.440. The van der Waals surface area contributed by atoms with Crippen LogP contribution in [0.3, 0.4) is 0 Å². The number of hydrogen-bond acceptors (Lipinski definition) is 4. The first-order valence-corrected chi connectivity index (χ1v) is 13.1. The minimum Gasteiger partial charge on any atom is -0.381 e. The average molecular weight is 454 g/mol. The van der Waals surface area contributed by atoms with E-state index < -0.39 is 10.0 Å². The van der Waals surface area contributed by atoms with Gasteiger partial charge in [0.05, 0.1) is 4.90 Å². The van der Waals surface area contributed by atoms with Crippen LogP contribution in [-0.4, -0.2) is 46.2 Å². The molecule has 3 heterocycles. The van der Waals surface area contributed by atoms with Gasteiger partial charge in [0.25, 0.3) is 0 Å². The van der Waals surface area contributed by atoms with Gasteiger partial charge < -0.3 is 14.6 Å². The molecule has 2 saturated heterocycles. The number of sulfonamides is 1. The summed E-state index contributed by atoms with van der Waals surface area (Å²) in [6, 6.07) is 15.8. The van der Waals surface area contributed by atoms with Crippen molar-refractivity contribution >= 4 is 26.6 Å². The molecule has 2 N–H and O–H groups in total. The van der Waals surface area contributed by atoms with Gasteiger partial charge in [0.15, 0.2) is 0 Å². The maximum absolute atomic E-state index is 13.1. The maximum Gasteiger partial charge on any atom is 0.240 e. The van der Waals surface area contributed by atoms with Crippen LogP contribution >= 0.6 is 0 Å². The highest BCUT2D eigenvalue weighted by molar-refractivity contribution is 7.89. The van der Waals surface area contributed by atoms with Crippen LogP contribution in [0, 0.1) is 5.92 Å². The minimum atomic E-state index is -3.58. The second-order valence-corrected chi connectivity index (χ2v) is 10.7. The Balaban J connectivity index is 1.43. The highest BCUT2D eigenvalue weighted by Crippen LogP contribution is 2.36. The first-order chi connectivity index (χ1) is 15.6. The highest BCUT2D eigenvalue weighted by Gasteiger charge is 2.22. The van der Waals surface area contributed by atoms with Crippen molar-refractivity contribution < 1.29 is 13.2 Å². The third-order valence-electron chi connectivity index (χ3n) is 6.73. The molecule has 7 heteroatoms. The monoisotopic (exact) mass is 453 g/mol. The van der Waals surface area contributed by atoms with Crippen LogP contribution in [0.5, 0.6) is 0 Å². The largest absolute Gasteiger partial charge is 0.381 e. The van der Waals surface area contributed by atoms with E-state index in [9.17, 15) is 8.42 Å². The Morgan fingerprint density at radius 1 is 1.03 bits per heavy atom. The Labute approximate surface area is 190 Å². The van der Waals surface area contributed by atoms with Crippen molar-refractivity contribution in [1.82, 2.24) is 9.71 Å². The number of para-hydroxylation sites is 1. The topological polar surface area (TPSA) is 74.4 Å². The lowest BCUT2D eigenvalue weighted by molar-refractivity contribution is 0.0644. The fourth-order valence-corrected chi connectivity index (χ4v) is 5.94. The molecule has 5 rings (SSSR count). The molecular formula is C25H31N3O3S. The van der Waals surface area contributed by atoms with Crippen LogP contribution in [0.15, 0.2) is 53.4 Å². The SMILES string of the molecule is O=S(=O)(NCCC1CCOCC1)c1ccc(N2CCCC2)c(-c2cc3ccccc3[nH]2)c1. The average Bonchev–Trinajstić information content (AvgIpc) is 3.49. The molecule has 6 nitrogen and oxygen atoms in total. The Bertz CT molecular complexity index is 1140. The summed E-state index contributed by atoms with van der Waals surface area (Å²) in [6.07, 6.45) is 5.21. The lowest BCUT2D eigenvalue weighted by Gasteiger charge is -2.23. The quantitative estimate of drug-likeness (QED) is 0.551. The summed E-state index contributed by atoms with van der Waals surface area (Å²) in [7, 11) is -3.58. The lowest BCUT2D eigenvalue weighted by atomic mass is 9.97. The van der Waals surface area contributed by atoms with Crippen molar-refractivity contribution in [3.63, 3.8) is 0 Å². The van der Waals surface area contributed by atoms with Gasteiger partial charge in [-0.3, -0.25) is 0 Å². The molecule has 0 unspecified atom stereocenters. The molecule has 0 radical (unpaired) electrons. The molecule has 0 spiro atoms. The van der Waals surface area contributed by atoms with Crippen LogP contribution in [0.2, 0.25) is 0 Å². The summed E-state index contributed by atoms with van der Waals surface area (Å²) in [6.45, 7) is 4.03. The molecular weight excluding hydrogens is 422 g/mol. The normalized spacial score (nSPS) is 17.9. The van der Waals surface area contributed by atoms with Gasteiger partial charge >= 0.3 is 0 Å². The predicted molar refractivity (Wildman–Crippen MR) is 129 cm³/mol. The van der Waals surface area contributed by atoms with Crippen molar-refractivity contribution in [3.8, 4) is 11.3 Å². The number of anilines is 1. The number of aromatic amines is 1. The molecule has 2 fully saturated rings. The molecule has 2 aliphatic heterocycles. The van der Waals surface area contributed by atoms with E-state index in [0.717, 1.165) is 73.4 Å². The number of fused-ring (bicyclic) bond motifs is 1. The van der Waals surface area contributed by atoms with Crippen molar-refractivity contribution in [1.29, 1.82) is 0 Å². The summed E-state index contributed by atoms with van der Waals surface area (Å²) in [5, 5.41) is 1.12. The van der Waals surface area contributed by atoms with Gasteiger partial charge in [-0.25, -0.2) is 13.1 Å². The van der Waals surface area contributed by atoms with Gasteiger partial charge in [0.1, 0.15) is 0 Å². The van der Waals surface area contributed by atoms with Gasteiger partial charge in [-0.1, -0.05) is 18.2 Å². The first kappa shape index (κ1) is 21.5. The van der Waals surface area contributed by atoms with Crippen molar-refractivity contribution in [2.45, 2.75) is 37.0 Å². The molecule has 2 aromatic carbocycles. The molecule has 170 valence electrons. The van der Waals surface area contributed by atoms with Gasteiger partial charge in [0, 0.05) is 60.7 Å². The molecule has 0 aliphatic carbocycles. The number of H-pyrrole nitrogens is 1. The smallest absolute Gasteiger partial charge is 0.240 e. The highest BCUT2D eigenvalue weighted by atomic mass is 32.2. The third-order valence-corrected chi connectivity index (χ3v) is 8.19. The van der Waals surface area contributed by atoms with Gasteiger partial charge in [0.2, 0.25) is 10.0 Å². The van der Waals surface area contributed by atoms with E-state index in [4.69, 9.17) is 4.74 Å². The van der Waals surface area contributed by atoms with E-state index >= 15 is 0 Å². The number of rotatable bonds is 7. The molecule has 3 aromatic rings. The zero-order chi connectivity index (χ0) is 22.0. The summed E-state index contributed by atoms with van der Waals surface area (Å²) in [5.41, 5.74) is 4.04. The predicted octanol–water partition coefficient (Wildman–Crippen LogP) is 4.53. The third kappa shape index (κ3) is 4.56. The fourth-order valence-electron chi connectivity index (χ4n) is 4.87. The van der Waals surface area contributed by atoms with Crippen LogP contribution in [0.1, 0.15) is 32.1 Å². The van der Waals surface area contributed by atoms with Crippen LogP contribution in [-0.2, 0) is 14.8 Å². The summed E-state index contributed by atoms with van der Waals surface area (Å²) < 4.78 is 34.4. The second kappa shape index (κ2) is 9.25. The molecule has 1 aromatic heterocycles. The van der Waals surface area contributed by atoms with E-state index in [-0.39, 0.29) is 0 Å². The Hall–Kier alpha value is -2.35. The molecule has 32 heavy (non-hydrogen) atoms. The Morgan fingerprint density at radius 3 is 2.59 bits per heavy atom. The zero-order valence-corrected chi connectivity index (χ0v) is 19.2. The summed E-state index contributed by atoms with van der Waals surface area (Å²) in [4.78, 5) is 6.16. The van der Waals surface area contributed by atoms with Crippen LogP contribution in [0.25, 0.3) is 22.2 Å². The number of nitrogens with zero attached hydrogens (tertiary/aromatic N) is 1. The maximum atomic E-state index is 13.1. The molecule has 2 aliphatic rings. The number of hydrogen-bond donors (Lipinski definition) is 2. The number of nitrogens with one attached hydrogen (secondary N) is 2. The van der Waals surface area contributed by atoms with Gasteiger partial charge in [-0.05, 0) is 68.4 Å². The van der Waals surface area contributed by atoms with Crippen LogP contribution < -0.4 is 9.62 Å². The molecule has 0 atom stereocenters. The minimum absolute atomic E-state index is 0.320. The zero-order valence-electron chi connectivity index (χ0n) is 18.3. The number of ether oxygens (including phenoxy) is 1. The van der Waals surface area contributed by atoms with Crippen molar-refractivity contribution in [3.05, 3.63) is 48.5 Å².